The highest BCUT2D eigenvalue weighted by molar-refractivity contribution is 14.0. The minimum atomic E-state index is 0. The second-order valence-corrected chi connectivity index (χ2v) is 6.26. The van der Waals surface area contributed by atoms with Crippen LogP contribution >= 0.6 is 24.0 Å². The Morgan fingerprint density at radius 3 is 2.29 bits per heavy atom. The van der Waals surface area contributed by atoms with Crippen molar-refractivity contribution in [2.24, 2.45) is 10.9 Å². The lowest BCUT2D eigenvalue weighted by Crippen LogP contribution is -2.52. The third-order valence-corrected chi connectivity index (χ3v) is 3.96. The van der Waals surface area contributed by atoms with E-state index < -0.39 is 0 Å². The van der Waals surface area contributed by atoms with E-state index in [9.17, 15) is 0 Å². The number of halogens is 1. The van der Waals surface area contributed by atoms with E-state index in [2.05, 4.69) is 48.0 Å². The number of piperazine rings is 1. The van der Waals surface area contributed by atoms with Crippen LogP contribution in [0.2, 0.25) is 0 Å². The Morgan fingerprint density at radius 2 is 1.79 bits per heavy atom. The molecule has 0 amide bonds. The molecule has 24 heavy (non-hydrogen) atoms. The van der Waals surface area contributed by atoms with Gasteiger partial charge in [0.1, 0.15) is 5.75 Å². The Balaban J connectivity index is 0.00000288. The number of hydrogen-bond donors (Lipinski definition) is 1. The van der Waals surface area contributed by atoms with E-state index in [0.29, 0.717) is 5.92 Å². The van der Waals surface area contributed by atoms with Crippen LogP contribution in [0.25, 0.3) is 0 Å². The number of nitrogens with zero attached hydrogens (tertiary/aromatic N) is 3. The molecule has 0 aromatic heterocycles. The first kappa shape index (κ1) is 20.9. The fourth-order valence-corrected chi connectivity index (χ4v) is 2.66. The minimum absolute atomic E-state index is 0. The van der Waals surface area contributed by atoms with Crippen LogP contribution in [0.5, 0.6) is 5.75 Å². The summed E-state index contributed by atoms with van der Waals surface area (Å²) in [4.78, 5) is 9.54. The SMILES string of the molecule is CCNC(=NCC(C)C)N1CCN(c2ccc(OC)cc2)CC1.I. The molecule has 0 aliphatic carbocycles. The monoisotopic (exact) mass is 446 g/mol. The molecule has 2 rings (SSSR count). The van der Waals surface area contributed by atoms with Gasteiger partial charge in [-0.25, -0.2) is 0 Å². The van der Waals surface area contributed by atoms with Crippen molar-refractivity contribution >= 4 is 35.6 Å². The zero-order valence-corrected chi connectivity index (χ0v) is 17.6. The van der Waals surface area contributed by atoms with Gasteiger partial charge in [0.05, 0.1) is 7.11 Å². The van der Waals surface area contributed by atoms with E-state index in [1.807, 2.05) is 12.1 Å². The summed E-state index contributed by atoms with van der Waals surface area (Å²) in [7, 11) is 1.70. The van der Waals surface area contributed by atoms with Crippen LogP contribution in [0.15, 0.2) is 29.3 Å². The molecule has 1 aromatic carbocycles. The van der Waals surface area contributed by atoms with Crippen LogP contribution in [0.1, 0.15) is 20.8 Å². The molecular formula is C18H31IN4O. The topological polar surface area (TPSA) is 40.1 Å². The van der Waals surface area contributed by atoms with Gasteiger partial charge >= 0.3 is 0 Å². The van der Waals surface area contributed by atoms with Crippen molar-refractivity contribution in [1.29, 1.82) is 0 Å². The zero-order chi connectivity index (χ0) is 16.7. The van der Waals surface area contributed by atoms with Gasteiger partial charge in [0.25, 0.3) is 0 Å². The van der Waals surface area contributed by atoms with Crippen molar-refractivity contribution in [2.75, 3.05) is 51.3 Å². The first-order valence-corrected chi connectivity index (χ1v) is 8.56. The highest BCUT2D eigenvalue weighted by atomic mass is 127. The first-order valence-electron chi connectivity index (χ1n) is 8.56. The number of hydrogen-bond acceptors (Lipinski definition) is 3. The molecule has 136 valence electrons. The number of benzene rings is 1. The van der Waals surface area contributed by atoms with Crippen LogP contribution in [-0.4, -0.2) is 57.2 Å². The van der Waals surface area contributed by atoms with Crippen molar-refractivity contribution in [2.45, 2.75) is 20.8 Å². The van der Waals surface area contributed by atoms with Crippen LogP contribution in [0.3, 0.4) is 0 Å². The van der Waals surface area contributed by atoms with Gasteiger partial charge in [-0.15, -0.1) is 24.0 Å². The van der Waals surface area contributed by atoms with Gasteiger partial charge in [-0.3, -0.25) is 4.99 Å². The van der Waals surface area contributed by atoms with E-state index >= 15 is 0 Å². The molecule has 1 fully saturated rings. The standard InChI is InChI=1S/C18H30N4O.HI/c1-5-19-18(20-14-15(2)3)22-12-10-21(11-13-22)16-6-8-17(23-4)9-7-16;/h6-9,15H,5,10-14H2,1-4H3,(H,19,20);1H. The number of rotatable bonds is 5. The summed E-state index contributed by atoms with van der Waals surface area (Å²) in [5.41, 5.74) is 1.26. The quantitative estimate of drug-likeness (QED) is 0.429. The lowest BCUT2D eigenvalue weighted by atomic mass is 10.2. The third kappa shape index (κ3) is 6.03. The van der Waals surface area contributed by atoms with Gasteiger partial charge in [0, 0.05) is 45.0 Å². The average molecular weight is 446 g/mol. The maximum absolute atomic E-state index is 5.23. The van der Waals surface area contributed by atoms with Crippen molar-refractivity contribution in [1.82, 2.24) is 10.2 Å². The molecule has 0 radical (unpaired) electrons. The van der Waals surface area contributed by atoms with E-state index in [0.717, 1.165) is 51.0 Å². The molecule has 1 aromatic rings. The molecular weight excluding hydrogens is 415 g/mol. The number of methoxy groups -OCH3 is 1. The van der Waals surface area contributed by atoms with Gasteiger partial charge in [0.2, 0.25) is 0 Å². The molecule has 1 saturated heterocycles. The molecule has 0 bridgehead atoms. The van der Waals surface area contributed by atoms with Crippen molar-refractivity contribution in [3.05, 3.63) is 24.3 Å². The average Bonchev–Trinajstić information content (AvgIpc) is 2.59. The Morgan fingerprint density at radius 1 is 1.17 bits per heavy atom. The summed E-state index contributed by atoms with van der Waals surface area (Å²) in [5.74, 6) is 2.54. The van der Waals surface area contributed by atoms with Gasteiger partial charge < -0.3 is 19.9 Å². The summed E-state index contributed by atoms with van der Waals surface area (Å²) < 4.78 is 5.23. The summed E-state index contributed by atoms with van der Waals surface area (Å²) in [5, 5.41) is 3.42. The fourth-order valence-electron chi connectivity index (χ4n) is 2.66. The van der Waals surface area contributed by atoms with Crippen LogP contribution in [0.4, 0.5) is 5.69 Å². The molecule has 1 N–H and O–H groups in total. The maximum Gasteiger partial charge on any atom is 0.194 e. The number of anilines is 1. The summed E-state index contributed by atoms with van der Waals surface area (Å²) in [6.45, 7) is 12.3. The van der Waals surface area contributed by atoms with E-state index in [1.54, 1.807) is 7.11 Å². The predicted octanol–water partition coefficient (Wildman–Crippen LogP) is 3.06. The van der Waals surface area contributed by atoms with Crippen molar-refractivity contribution in [3.8, 4) is 5.75 Å². The molecule has 0 atom stereocenters. The van der Waals surface area contributed by atoms with E-state index in [1.165, 1.54) is 5.69 Å². The molecule has 1 aliphatic rings. The minimum Gasteiger partial charge on any atom is -0.497 e. The van der Waals surface area contributed by atoms with Gasteiger partial charge in [-0.1, -0.05) is 13.8 Å². The zero-order valence-electron chi connectivity index (χ0n) is 15.3. The predicted molar refractivity (Wildman–Crippen MR) is 113 cm³/mol. The Bertz CT molecular complexity index is 496. The lowest BCUT2D eigenvalue weighted by molar-refractivity contribution is 0.371. The maximum atomic E-state index is 5.23. The van der Waals surface area contributed by atoms with Gasteiger partial charge in [-0.2, -0.15) is 0 Å². The van der Waals surface area contributed by atoms with Crippen LogP contribution in [0, 0.1) is 5.92 Å². The Kier molecular flexibility index (Phi) is 9.25. The number of guanidine groups is 1. The summed E-state index contributed by atoms with van der Waals surface area (Å²) in [6, 6.07) is 8.31. The summed E-state index contributed by atoms with van der Waals surface area (Å²) in [6.07, 6.45) is 0. The van der Waals surface area contributed by atoms with Crippen LogP contribution in [-0.2, 0) is 0 Å². The molecule has 0 saturated carbocycles. The number of aliphatic imine (C=N–C) groups is 1. The second-order valence-electron chi connectivity index (χ2n) is 6.26. The highest BCUT2D eigenvalue weighted by Crippen LogP contribution is 2.20. The highest BCUT2D eigenvalue weighted by Gasteiger charge is 2.19. The fraction of sp³-hybridized carbons (Fsp3) is 0.611. The molecule has 1 aliphatic heterocycles. The van der Waals surface area contributed by atoms with Crippen LogP contribution < -0.4 is 15.0 Å². The third-order valence-electron chi connectivity index (χ3n) is 3.96. The van der Waals surface area contributed by atoms with Gasteiger partial charge in [-0.05, 0) is 37.1 Å². The molecule has 6 heteroatoms. The molecule has 1 heterocycles. The number of nitrogens with one attached hydrogen (secondary N) is 1. The Labute approximate surface area is 163 Å². The van der Waals surface area contributed by atoms with E-state index in [4.69, 9.17) is 9.73 Å². The molecule has 5 nitrogen and oxygen atoms in total. The molecule has 0 spiro atoms. The first-order chi connectivity index (χ1) is 11.1. The smallest absolute Gasteiger partial charge is 0.194 e. The number of ether oxygens (including phenoxy) is 1. The van der Waals surface area contributed by atoms with Gasteiger partial charge in [0.15, 0.2) is 5.96 Å². The van der Waals surface area contributed by atoms with Crippen molar-refractivity contribution < 1.29 is 4.74 Å². The molecule has 0 unspecified atom stereocenters. The van der Waals surface area contributed by atoms with Crippen molar-refractivity contribution in [3.63, 3.8) is 0 Å². The lowest BCUT2D eigenvalue weighted by Gasteiger charge is -2.37. The normalized spacial score (nSPS) is 15.3. The largest absolute Gasteiger partial charge is 0.497 e. The van der Waals surface area contributed by atoms with E-state index in [-0.39, 0.29) is 24.0 Å². The Hall–Kier alpha value is -1.18. The second kappa shape index (κ2) is 10.6. The summed E-state index contributed by atoms with van der Waals surface area (Å²) >= 11 is 0.